The van der Waals surface area contributed by atoms with E-state index in [1.54, 1.807) is 47.0 Å². The topological polar surface area (TPSA) is 97.6 Å². The number of methoxy groups -OCH3 is 1. The van der Waals surface area contributed by atoms with Gasteiger partial charge in [0.1, 0.15) is 11.5 Å². The van der Waals surface area contributed by atoms with Crippen LogP contribution in [0.1, 0.15) is 60.0 Å². The van der Waals surface area contributed by atoms with Crippen molar-refractivity contribution in [1.82, 2.24) is 9.88 Å². The number of hydrogen-bond acceptors (Lipinski definition) is 5. The average molecular weight is 651 g/mol. The van der Waals surface area contributed by atoms with E-state index in [0.29, 0.717) is 27.9 Å². The van der Waals surface area contributed by atoms with E-state index in [0.717, 1.165) is 12.1 Å². The summed E-state index contributed by atoms with van der Waals surface area (Å²) in [5.41, 5.74) is 2.14. The highest BCUT2D eigenvalue weighted by molar-refractivity contribution is 6.07. The highest BCUT2D eigenvalue weighted by Crippen LogP contribution is 2.42. The van der Waals surface area contributed by atoms with Gasteiger partial charge in [0.2, 0.25) is 0 Å². The summed E-state index contributed by atoms with van der Waals surface area (Å²) in [5.74, 6) is -2.24. The number of nitrogens with zero attached hydrogens (tertiary/aromatic N) is 1. The third-order valence-corrected chi connectivity index (χ3v) is 7.37. The monoisotopic (exact) mass is 650 g/mol. The fraction of sp³-hybridized carbons (Fsp3) is 0.250. The highest BCUT2D eigenvalue weighted by Gasteiger charge is 2.31. The Morgan fingerprint density at radius 3 is 2.19 bits per heavy atom. The Labute approximate surface area is 269 Å². The molecule has 4 aromatic rings. The first-order chi connectivity index (χ1) is 22.3. The molecule has 47 heavy (non-hydrogen) atoms. The van der Waals surface area contributed by atoms with Gasteiger partial charge in [-0.25, -0.2) is 4.39 Å². The number of alkyl halides is 3. The van der Waals surface area contributed by atoms with Gasteiger partial charge in [-0.1, -0.05) is 54.6 Å². The van der Waals surface area contributed by atoms with E-state index >= 15 is 0 Å². The van der Waals surface area contributed by atoms with E-state index in [2.05, 4.69) is 10.1 Å². The lowest BCUT2D eigenvalue weighted by Crippen LogP contribution is -2.27. The Balaban J connectivity index is 1.87. The van der Waals surface area contributed by atoms with Gasteiger partial charge in [0.15, 0.2) is 5.78 Å². The van der Waals surface area contributed by atoms with Gasteiger partial charge in [-0.2, -0.15) is 13.2 Å². The Bertz CT molecular complexity index is 1760. The second-order valence-electron chi connectivity index (χ2n) is 11.1. The summed E-state index contributed by atoms with van der Waals surface area (Å²) < 4.78 is 60.3. The van der Waals surface area contributed by atoms with Gasteiger partial charge in [-0.3, -0.25) is 14.4 Å². The molecular formula is C36H34F4N2O5. The molecular weight excluding hydrogens is 616 g/mol. The molecule has 0 aliphatic carbocycles. The molecule has 1 amide bonds. The van der Waals surface area contributed by atoms with E-state index in [9.17, 15) is 37.1 Å². The fourth-order valence-corrected chi connectivity index (χ4v) is 5.27. The van der Waals surface area contributed by atoms with Crippen LogP contribution < -0.4 is 5.32 Å². The molecule has 0 spiro atoms. The summed E-state index contributed by atoms with van der Waals surface area (Å²) in [4.78, 5) is 38.6. The second-order valence-corrected chi connectivity index (χ2v) is 11.1. The van der Waals surface area contributed by atoms with Crippen molar-refractivity contribution in [3.63, 3.8) is 0 Å². The number of ketones is 1. The summed E-state index contributed by atoms with van der Waals surface area (Å²) in [7, 11) is 1.17. The van der Waals surface area contributed by atoms with Crippen LogP contribution in [-0.4, -0.2) is 40.5 Å². The van der Waals surface area contributed by atoms with E-state index in [1.807, 2.05) is 13.8 Å². The zero-order valence-corrected chi connectivity index (χ0v) is 26.0. The number of esters is 1. The van der Waals surface area contributed by atoms with Crippen molar-refractivity contribution in [2.75, 3.05) is 7.11 Å². The number of allylic oxidation sites excluding steroid dienone is 1. The molecule has 1 heterocycles. The zero-order chi connectivity index (χ0) is 34.3. The van der Waals surface area contributed by atoms with Crippen molar-refractivity contribution in [3.8, 4) is 22.3 Å². The number of aliphatic hydroxyl groups excluding tert-OH is 1. The number of aromatic nitrogens is 1. The number of hydrogen-bond donors (Lipinski definition) is 2. The van der Waals surface area contributed by atoms with Gasteiger partial charge in [-0.05, 0) is 67.0 Å². The van der Waals surface area contributed by atoms with Crippen LogP contribution in [0.3, 0.4) is 0 Å². The Morgan fingerprint density at radius 2 is 1.57 bits per heavy atom. The SMILES string of the molecule is COC(=O)C[C@H](O)CC(=O)C=Cc1c(-c2ccc(F)cc2)c(-c2ccccc2)c(C(=O)NCc2cccc(C(F)(F)F)c2)n1C(C)C. The van der Waals surface area contributed by atoms with Crippen LogP contribution in [0.2, 0.25) is 0 Å². The molecule has 2 N–H and O–H groups in total. The van der Waals surface area contributed by atoms with E-state index in [4.69, 9.17) is 0 Å². The summed E-state index contributed by atoms with van der Waals surface area (Å²) in [6.45, 7) is 3.45. The first-order valence-electron chi connectivity index (χ1n) is 14.8. The Kier molecular flexibility index (Phi) is 11.1. The number of nitrogens with one attached hydrogen (secondary N) is 1. The highest BCUT2D eigenvalue weighted by atomic mass is 19.4. The summed E-state index contributed by atoms with van der Waals surface area (Å²) >= 11 is 0. The molecule has 7 nitrogen and oxygen atoms in total. The predicted molar refractivity (Wildman–Crippen MR) is 170 cm³/mol. The molecule has 0 aliphatic rings. The molecule has 3 aromatic carbocycles. The van der Waals surface area contributed by atoms with Crippen LogP contribution in [-0.2, 0) is 27.0 Å². The molecule has 0 fully saturated rings. The molecule has 4 rings (SSSR count). The van der Waals surface area contributed by atoms with Crippen LogP contribution in [0.5, 0.6) is 0 Å². The van der Waals surface area contributed by atoms with Gasteiger partial charge in [0.25, 0.3) is 5.91 Å². The molecule has 246 valence electrons. The van der Waals surface area contributed by atoms with Crippen molar-refractivity contribution >= 4 is 23.7 Å². The minimum Gasteiger partial charge on any atom is -0.469 e. The maximum Gasteiger partial charge on any atom is 0.416 e. The van der Waals surface area contributed by atoms with Gasteiger partial charge in [0, 0.05) is 30.1 Å². The van der Waals surface area contributed by atoms with Gasteiger partial charge >= 0.3 is 12.1 Å². The number of halogens is 4. The van der Waals surface area contributed by atoms with Gasteiger partial charge < -0.3 is 19.7 Å². The number of carbonyl (C=O) groups excluding carboxylic acids is 3. The average Bonchev–Trinajstić information content (AvgIpc) is 3.38. The summed E-state index contributed by atoms with van der Waals surface area (Å²) in [6.07, 6.45) is -3.82. The minimum absolute atomic E-state index is 0.176. The number of aliphatic hydroxyl groups is 1. The number of ether oxygens (including phenoxy) is 1. The van der Waals surface area contributed by atoms with Crippen LogP contribution in [0.15, 0.2) is 84.9 Å². The number of amides is 1. The van der Waals surface area contributed by atoms with Crippen molar-refractivity contribution in [2.24, 2.45) is 0 Å². The lowest BCUT2D eigenvalue weighted by atomic mass is 9.94. The zero-order valence-electron chi connectivity index (χ0n) is 26.0. The fourth-order valence-electron chi connectivity index (χ4n) is 5.27. The molecule has 0 saturated heterocycles. The molecule has 0 unspecified atom stereocenters. The van der Waals surface area contributed by atoms with E-state index in [1.165, 1.54) is 43.5 Å². The number of rotatable bonds is 12. The van der Waals surface area contributed by atoms with Crippen LogP contribution in [0.25, 0.3) is 28.3 Å². The quantitative estimate of drug-likeness (QED) is 0.0947. The third kappa shape index (κ3) is 8.62. The molecule has 1 atom stereocenters. The smallest absolute Gasteiger partial charge is 0.416 e. The van der Waals surface area contributed by atoms with E-state index in [-0.39, 0.29) is 36.7 Å². The lowest BCUT2D eigenvalue weighted by molar-refractivity contribution is -0.143. The van der Waals surface area contributed by atoms with Crippen molar-refractivity contribution in [3.05, 3.63) is 113 Å². The first-order valence-corrected chi connectivity index (χ1v) is 14.8. The second kappa shape index (κ2) is 15.0. The largest absolute Gasteiger partial charge is 0.469 e. The predicted octanol–water partition coefficient (Wildman–Crippen LogP) is 7.39. The third-order valence-electron chi connectivity index (χ3n) is 7.37. The van der Waals surface area contributed by atoms with Crippen molar-refractivity contribution < 1.29 is 41.8 Å². The first kappa shape index (κ1) is 34.8. The van der Waals surface area contributed by atoms with Crippen molar-refractivity contribution in [1.29, 1.82) is 0 Å². The molecule has 0 radical (unpaired) electrons. The van der Waals surface area contributed by atoms with Gasteiger partial charge in [0.05, 0.1) is 30.9 Å². The maximum atomic E-state index is 14.1. The number of benzene rings is 3. The van der Waals surface area contributed by atoms with Crippen LogP contribution in [0, 0.1) is 5.82 Å². The maximum absolute atomic E-state index is 14.1. The molecule has 0 saturated carbocycles. The van der Waals surface area contributed by atoms with Crippen molar-refractivity contribution in [2.45, 2.75) is 51.6 Å². The Hall–Kier alpha value is -5.03. The normalized spacial score (nSPS) is 12.4. The number of carbonyl (C=O) groups is 3. The summed E-state index contributed by atoms with van der Waals surface area (Å²) in [6, 6.07) is 18.9. The van der Waals surface area contributed by atoms with E-state index < -0.39 is 41.3 Å². The molecule has 11 heteroatoms. The Morgan fingerprint density at radius 1 is 0.915 bits per heavy atom. The molecule has 0 aliphatic heterocycles. The lowest BCUT2D eigenvalue weighted by Gasteiger charge is -2.17. The van der Waals surface area contributed by atoms with Crippen LogP contribution >= 0.6 is 0 Å². The standard InChI is InChI=1S/C36H34F4N2O5/c1-22(2)42-30(17-16-28(43)19-29(44)20-31(45)47-3)32(25-12-14-27(37)15-13-25)33(24-9-5-4-6-10-24)34(42)35(46)41-21-23-8-7-11-26(18-23)36(38,39)40/h4-18,22,29,44H,19-21H2,1-3H3,(H,41,46)/t29-/m1/s1. The molecule has 1 aromatic heterocycles. The van der Waals surface area contributed by atoms with Gasteiger partial charge in [-0.15, -0.1) is 0 Å². The molecule has 0 bridgehead atoms. The summed E-state index contributed by atoms with van der Waals surface area (Å²) in [5, 5.41) is 13.0. The van der Waals surface area contributed by atoms with Crippen LogP contribution in [0.4, 0.5) is 17.6 Å². The minimum atomic E-state index is -4.55.